The van der Waals surface area contributed by atoms with Gasteiger partial charge >= 0.3 is 0 Å². The average Bonchev–Trinajstić information content (AvgIpc) is 3.38. The van der Waals surface area contributed by atoms with Crippen LogP contribution in [-0.2, 0) is 16.0 Å². The fourth-order valence-corrected chi connectivity index (χ4v) is 4.15. The molecule has 0 aliphatic carbocycles. The van der Waals surface area contributed by atoms with Crippen LogP contribution in [-0.4, -0.2) is 50.2 Å². The van der Waals surface area contributed by atoms with E-state index in [-0.39, 0.29) is 11.8 Å². The molecule has 1 N–H and O–H groups in total. The number of pyridine rings is 1. The number of nitrogens with zero attached hydrogens (tertiary/aromatic N) is 4. The van der Waals surface area contributed by atoms with Gasteiger partial charge in [-0.05, 0) is 29.8 Å². The highest BCUT2D eigenvalue weighted by atomic mass is 16.2. The van der Waals surface area contributed by atoms with Gasteiger partial charge in [0, 0.05) is 42.8 Å². The topological polar surface area (TPSA) is 73.7 Å². The normalized spacial score (nSPS) is 17.1. The Balaban J connectivity index is 1.51. The molecular weight excluding hydrogens is 378 g/mol. The van der Waals surface area contributed by atoms with Gasteiger partial charge in [0.25, 0.3) is 5.91 Å². The molecule has 0 saturated carbocycles. The molecule has 1 aromatic carbocycles. The number of carbonyl (C=O) groups excluding carboxylic acids is 2. The van der Waals surface area contributed by atoms with Gasteiger partial charge in [0.05, 0.1) is 6.20 Å². The average molecular weight is 399 g/mol. The lowest BCUT2D eigenvalue weighted by Gasteiger charge is -2.39. The summed E-state index contributed by atoms with van der Waals surface area (Å²) in [5.41, 5.74) is 2.79. The molecule has 4 aromatic rings. The van der Waals surface area contributed by atoms with E-state index in [1.165, 1.54) is 6.08 Å². The van der Waals surface area contributed by atoms with E-state index in [0.29, 0.717) is 25.3 Å². The second-order valence-corrected chi connectivity index (χ2v) is 7.37. The lowest BCUT2D eigenvalue weighted by Crippen LogP contribution is -2.59. The quantitative estimate of drug-likeness (QED) is 0.536. The fourth-order valence-electron chi connectivity index (χ4n) is 4.15. The molecule has 30 heavy (non-hydrogen) atoms. The Kier molecular flexibility index (Phi) is 4.35. The third kappa shape index (κ3) is 2.95. The van der Waals surface area contributed by atoms with Crippen LogP contribution in [0.4, 0.5) is 5.82 Å². The monoisotopic (exact) mass is 399 g/mol. The van der Waals surface area contributed by atoms with E-state index < -0.39 is 6.04 Å². The number of aromatic amines is 1. The smallest absolute Gasteiger partial charge is 0.251 e. The maximum absolute atomic E-state index is 13.5. The number of piperazine rings is 1. The fraction of sp³-hybridized carbons (Fsp3) is 0.174. The van der Waals surface area contributed by atoms with Crippen molar-refractivity contribution in [1.82, 2.24) is 19.3 Å². The molecule has 1 atom stereocenters. The zero-order chi connectivity index (χ0) is 20.7. The minimum atomic E-state index is -0.617. The van der Waals surface area contributed by atoms with E-state index in [9.17, 15) is 9.59 Å². The summed E-state index contributed by atoms with van der Waals surface area (Å²) in [6.07, 6.45) is 7.36. The lowest BCUT2D eigenvalue weighted by atomic mass is 10.0. The molecule has 1 aliphatic rings. The first-order valence-corrected chi connectivity index (χ1v) is 9.89. The van der Waals surface area contributed by atoms with Crippen LogP contribution >= 0.6 is 0 Å². The van der Waals surface area contributed by atoms with Crippen molar-refractivity contribution >= 4 is 34.2 Å². The molecule has 0 spiro atoms. The molecule has 7 heteroatoms. The van der Waals surface area contributed by atoms with E-state index in [4.69, 9.17) is 0 Å². The molecule has 7 nitrogen and oxygen atoms in total. The number of benzene rings is 1. The summed E-state index contributed by atoms with van der Waals surface area (Å²) in [5, 5.41) is 1.06. The number of anilines is 1. The van der Waals surface area contributed by atoms with E-state index in [1.54, 1.807) is 9.80 Å². The highest BCUT2D eigenvalue weighted by Gasteiger charge is 2.38. The Labute approximate surface area is 173 Å². The van der Waals surface area contributed by atoms with Gasteiger partial charge in [-0.25, -0.2) is 4.98 Å². The van der Waals surface area contributed by atoms with Gasteiger partial charge in [-0.3, -0.25) is 14.5 Å². The van der Waals surface area contributed by atoms with E-state index in [2.05, 4.69) is 16.5 Å². The molecule has 4 heterocycles. The molecule has 1 unspecified atom stereocenters. The Bertz CT molecular complexity index is 1240. The van der Waals surface area contributed by atoms with Crippen molar-refractivity contribution in [1.29, 1.82) is 0 Å². The van der Waals surface area contributed by atoms with Crippen molar-refractivity contribution < 1.29 is 9.59 Å². The third-order valence-electron chi connectivity index (χ3n) is 5.67. The Morgan fingerprint density at radius 2 is 2.03 bits per heavy atom. The van der Waals surface area contributed by atoms with Gasteiger partial charge in [0.1, 0.15) is 11.7 Å². The predicted molar refractivity (Wildman–Crippen MR) is 115 cm³/mol. The van der Waals surface area contributed by atoms with E-state index in [1.807, 2.05) is 65.5 Å². The maximum atomic E-state index is 13.5. The predicted octanol–water partition coefficient (Wildman–Crippen LogP) is 2.79. The minimum absolute atomic E-state index is 0.134. The molecule has 150 valence electrons. The van der Waals surface area contributed by atoms with Crippen LogP contribution in [0, 0.1) is 0 Å². The van der Waals surface area contributed by atoms with Crippen molar-refractivity contribution in [3.63, 3.8) is 0 Å². The van der Waals surface area contributed by atoms with Crippen molar-refractivity contribution in [2.45, 2.75) is 12.5 Å². The molecule has 1 fully saturated rings. The van der Waals surface area contributed by atoms with Crippen LogP contribution in [0.3, 0.4) is 0 Å². The highest BCUT2D eigenvalue weighted by Crippen LogP contribution is 2.26. The Morgan fingerprint density at radius 1 is 1.20 bits per heavy atom. The first kappa shape index (κ1) is 18.2. The minimum Gasteiger partial charge on any atom is -0.361 e. The molecule has 5 rings (SSSR count). The molecule has 2 amide bonds. The first-order valence-electron chi connectivity index (χ1n) is 9.89. The SMILES string of the molecule is C=CC(=O)N1CCN(c2cn3ccccc3n2)C(=O)C1Cc1c[nH]c2ccccc12. The molecule has 1 aliphatic heterocycles. The van der Waals surface area contributed by atoms with Gasteiger partial charge in [0.15, 0.2) is 5.82 Å². The van der Waals surface area contributed by atoms with E-state index >= 15 is 0 Å². The van der Waals surface area contributed by atoms with Crippen LogP contribution in [0.25, 0.3) is 16.6 Å². The van der Waals surface area contributed by atoms with Crippen LogP contribution in [0.2, 0.25) is 0 Å². The summed E-state index contributed by atoms with van der Waals surface area (Å²) in [5.74, 6) is 0.230. The summed E-state index contributed by atoms with van der Waals surface area (Å²) in [7, 11) is 0. The largest absolute Gasteiger partial charge is 0.361 e. The maximum Gasteiger partial charge on any atom is 0.251 e. The number of H-pyrrole nitrogens is 1. The summed E-state index contributed by atoms with van der Waals surface area (Å²) in [6, 6.07) is 13.1. The second kappa shape index (κ2) is 7.18. The van der Waals surface area contributed by atoms with Crippen LogP contribution in [0.15, 0.2) is 73.7 Å². The number of para-hydroxylation sites is 1. The van der Waals surface area contributed by atoms with Crippen molar-refractivity contribution in [2.24, 2.45) is 0 Å². The number of nitrogens with one attached hydrogen (secondary N) is 1. The van der Waals surface area contributed by atoms with Gasteiger partial charge in [-0.2, -0.15) is 0 Å². The third-order valence-corrected chi connectivity index (χ3v) is 5.67. The zero-order valence-corrected chi connectivity index (χ0v) is 16.4. The van der Waals surface area contributed by atoms with Gasteiger partial charge in [-0.15, -0.1) is 0 Å². The molecule has 0 bridgehead atoms. The van der Waals surface area contributed by atoms with Crippen LogP contribution in [0.5, 0.6) is 0 Å². The number of rotatable bonds is 4. The number of hydrogen-bond acceptors (Lipinski definition) is 3. The highest BCUT2D eigenvalue weighted by molar-refractivity contribution is 6.02. The number of aromatic nitrogens is 3. The number of carbonyl (C=O) groups is 2. The summed E-state index contributed by atoms with van der Waals surface area (Å²) in [4.78, 5) is 37.2. The first-order chi connectivity index (χ1) is 14.7. The number of imidazole rings is 1. The zero-order valence-electron chi connectivity index (χ0n) is 16.4. The van der Waals surface area contributed by atoms with Crippen LogP contribution < -0.4 is 4.90 Å². The molecule has 3 aromatic heterocycles. The Morgan fingerprint density at radius 3 is 2.87 bits per heavy atom. The van der Waals surface area contributed by atoms with E-state index in [0.717, 1.165) is 22.1 Å². The van der Waals surface area contributed by atoms with Gasteiger partial charge in [-0.1, -0.05) is 30.8 Å². The standard InChI is InChI=1S/C23H21N5O2/c1-2-22(29)27-11-12-28(21-15-26-10-6-5-9-20(26)25-21)23(30)19(27)13-16-14-24-18-8-4-3-7-17(16)18/h2-10,14-15,19,24H,1,11-13H2. The van der Waals surface area contributed by atoms with Gasteiger partial charge < -0.3 is 14.3 Å². The van der Waals surface area contributed by atoms with Crippen molar-refractivity contribution in [3.05, 3.63) is 79.3 Å². The lowest BCUT2D eigenvalue weighted by molar-refractivity contribution is -0.138. The van der Waals surface area contributed by atoms with Gasteiger partial charge in [0.2, 0.25) is 5.91 Å². The number of fused-ring (bicyclic) bond motifs is 2. The van der Waals surface area contributed by atoms with Crippen LogP contribution in [0.1, 0.15) is 5.56 Å². The van der Waals surface area contributed by atoms with Crippen molar-refractivity contribution in [2.75, 3.05) is 18.0 Å². The van der Waals surface area contributed by atoms with Crippen molar-refractivity contribution in [3.8, 4) is 0 Å². The second-order valence-electron chi connectivity index (χ2n) is 7.37. The summed E-state index contributed by atoms with van der Waals surface area (Å²) in [6.45, 7) is 4.43. The summed E-state index contributed by atoms with van der Waals surface area (Å²) < 4.78 is 1.89. The summed E-state index contributed by atoms with van der Waals surface area (Å²) >= 11 is 0. The number of hydrogen-bond donors (Lipinski definition) is 1. The molecule has 1 saturated heterocycles. The Hall–Kier alpha value is -3.87. The molecular formula is C23H21N5O2. The number of amides is 2. The molecule has 0 radical (unpaired) electrons.